The van der Waals surface area contributed by atoms with Crippen molar-refractivity contribution in [1.82, 2.24) is 9.99 Å². The number of aryl methyl sites for hydroxylation is 1. The molecule has 0 unspecified atom stereocenters. The number of aromatic nitrogens is 1. The minimum atomic E-state index is -0.610. The van der Waals surface area contributed by atoms with E-state index >= 15 is 0 Å². The van der Waals surface area contributed by atoms with E-state index in [4.69, 9.17) is 16.3 Å². The normalized spacial score (nSPS) is 11.1. The van der Waals surface area contributed by atoms with Crippen molar-refractivity contribution < 1.29 is 14.3 Å². The summed E-state index contributed by atoms with van der Waals surface area (Å²) in [6.45, 7) is 3.15. The second-order valence-corrected chi connectivity index (χ2v) is 6.35. The van der Waals surface area contributed by atoms with Crippen molar-refractivity contribution in [3.8, 4) is 5.75 Å². The first-order chi connectivity index (χ1) is 13.1. The Bertz CT molecular complexity index is 982. The van der Waals surface area contributed by atoms with Crippen LogP contribution in [0.2, 0.25) is 5.02 Å². The van der Waals surface area contributed by atoms with Gasteiger partial charge in [0.25, 0.3) is 0 Å². The van der Waals surface area contributed by atoms with Crippen LogP contribution >= 0.6 is 11.6 Å². The lowest BCUT2D eigenvalue weighted by Gasteiger charge is -2.10. The molecule has 0 radical (unpaired) electrons. The van der Waals surface area contributed by atoms with Crippen LogP contribution in [0.5, 0.6) is 5.75 Å². The van der Waals surface area contributed by atoms with E-state index in [9.17, 15) is 4.79 Å². The SMILES string of the molecule is COC(=O)N/N=C\c1cn(CCOc2ccc(Cl)cc2C)c2ccccc12. The lowest BCUT2D eigenvalue weighted by molar-refractivity contribution is 0.171. The monoisotopic (exact) mass is 385 g/mol. The summed E-state index contributed by atoms with van der Waals surface area (Å²) >= 11 is 5.98. The number of para-hydroxylation sites is 1. The van der Waals surface area contributed by atoms with Crippen LogP contribution < -0.4 is 10.2 Å². The van der Waals surface area contributed by atoms with Gasteiger partial charge in [0.05, 0.1) is 19.9 Å². The van der Waals surface area contributed by atoms with E-state index in [2.05, 4.69) is 19.8 Å². The molecule has 0 saturated heterocycles. The van der Waals surface area contributed by atoms with Crippen LogP contribution in [0.3, 0.4) is 0 Å². The van der Waals surface area contributed by atoms with Gasteiger partial charge in [0.2, 0.25) is 0 Å². The number of rotatable bonds is 6. The molecule has 27 heavy (non-hydrogen) atoms. The maximum Gasteiger partial charge on any atom is 0.427 e. The Balaban J connectivity index is 1.73. The number of hydrogen-bond acceptors (Lipinski definition) is 4. The summed E-state index contributed by atoms with van der Waals surface area (Å²) in [5, 5.41) is 5.65. The zero-order chi connectivity index (χ0) is 19.2. The quantitative estimate of drug-likeness (QED) is 0.506. The number of carbonyl (C=O) groups is 1. The summed E-state index contributed by atoms with van der Waals surface area (Å²) in [5.74, 6) is 0.819. The first kappa shape index (κ1) is 18.8. The average Bonchev–Trinajstić information content (AvgIpc) is 3.01. The number of benzene rings is 2. The summed E-state index contributed by atoms with van der Waals surface area (Å²) in [6.07, 6.45) is 2.97. The number of halogens is 1. The van der Waals surface area contributed by atoms with Crippen LogP contribution in [0.25, 0.3) is 10.9 Å². The zero-order valence-electron chi connectivity index (χ0n) is 15.1. The predicted molar refractivity (Wildman–Crippen MR) is 107 cm³/mol. The van der Waals surface area contributed by atoms with E-state index in [0.717, 1.165) is 27.8 Å². The molecular formula is C20H20ClN3O3. The molecule has 0 atom stereocenters. The fourth-order valence-electron chi connectivity index (χ4n) is 2.79. The van der Waals surface area contributed by atoms with Crippen LogP contribution in [0.15, 0.2) is 53.8 Å². The number of hydrazone groups is 1. The van der Waals surface area contributed by atoms with E-state index in [1.165, 1.54) is 7.11 Å². The molecule has 0 bridgehead atoms. The van der Waals surface area contributed by atoms with E-state index in [1.807, 2.05) is 55.6 Å². The van der Waals surface area contributed by atoms with Crippen molar-refractivity contribution in [2.45, 2.75) is 13.5 Å². The van der Waals surface area contributed by atoms with Gasteiger partial charge in [-0.3, -0.25) is 0 Å². The van der Waals surface area contributed by atoms with E-state index < -0.39 is 6.09 Å². The molecule has 1 N–H and O–H groups in total. The Labute approximate surface area is 162 Å². The highest BCUT2D eigenvalue weighted by Gasteiger charge is 2.07. The van der Waals surface area contributed by atoms with Gasteiger partial charge in [0.1, 0.15) is 12.4 Å². The number of nitrogens with one attached hydrogen (secondary N) is 1. The molecule has 2 aromatic carbocycles. The van der Waals surface area contributed by atoms with Crippen molar-refractivity contribution >= 4 is 34.8 Å². The molecule has 6 nitrogen and oxygen atoms in total. The molecule has 0 saturated carbocycles. The van der Waals surface area contributed by atoms with Crippen molar-refractivity contribution in [1.29, 1.82) is 0 Å². The molecule has 1 aromatic heterocycles. The molecule has 3 rings (SSSR count). The zero-order valence-corrected chi connectivity index (χ0v) is 15.9. The van der Waals surface area contributed by atoms with Crippen molar-refractivity contribution in [2.75, 3.05) is 13.7 Å². The van der Waals surface area contributed by atoms with Gasteiger partial charge in [-0.1, -0.05) is 29.8 Å². The number of carbonyl (C=O) groups excluding carboxylic acids is 1. The van der Waals surface area contributed by atoms with Crippen molar-refractivity contribution in [2.24, 2.45) is 5.10 Å². The average molecular weight is 386 g/mol. The Kier molecular flexibility index (Phi) is 5.98. The lowest BCUT2D eigenvalue weighted by Crippen LogP contribution is -2.16. The van der Waals surface area contributed by atoms with Crippen LogP contribution in [0.4, 0.5) is 4.79 Å². The third-order valence-corrected chi connectivity index (χ3v) is 4.33. The lowest BCUT2D eigenvalue weighted by atomic mass is 10.2. The van der Waals surface area contributed by atoms with E-state index in [-0.39, 0.29) is 0 Å². The van der Waals surface area contributed by atoms with E-state index in [0.29, 0.717) is 18.2 Å². The molecule has 1 heterocycles. The Morgan fingerprint density at radius 2 is 2.11 bits per heavy atom. The van der Waals surface area contributed by atoms with Crippen LogP contribution in [0.1, 0.15) is 11.1 Å². The topological polar surface area (TPSA) is 64.8 Å². The second-order valence-electron chi connectivity index (χ2n) is 5.91. The summed E-state index contributed by atoms with van der Waals surface area (Å²) in [7, 11) is 1.29. The molecule has 7 heteroatoms. The Morgan fingerprint density at radius 3 is 2.89 bits per heavy atom. The molecule has 0 fully saturated rings. The number of fused-ring (bicyclic) bond motifs is 1. The molecule has 1 amide bonds. The van der Waals surface area contributed by atoms with Crippen LogP contribution in [-0.2, 0) is 11.3 Å². The van der Waals surface area contributed by atoms with Crippen molar-refractivity contribution in [3.63, 3.8) is 0 Å². The fraction of sp³-hybridized carbons (Fsp3) is 0.200. The van der Waals surface area contributed by atoms with Crippen LogP contribution in [-0.4, -0.2) is 30.6 Å². The fourth-order valence-corrected chi connectivity index (χ4v) is 3.02. The molecule has 140 valence electrons. The largest absolute Gasteiger partial charge is 0.491 e. The molecule has 0 aliphatic heterocycles. The summed E-state index contributed by atoms with van der Waals surface area (Å²) in [6, 6.07) is 13.6. The van der Waals surface area contributed by atoms with Gasteiger partial charge in [0.15, 0.2) is 0 Å². The van der Waals surface area contributed by atoms with Gasteiger partial charge in [0, 0.05) is 27.7 Å². The van der Waals surface area contributed by atoms with Gasteiger partial charge in [-0.2, -0.15) is 5.10 Å². The number of amides is 1. The van der Waals surface area contributed by atoms with Crippen LogP contribution in [0, 0.1) is 6.92 Å². The number of ether oxygens (including phenoxy) is 2. The minimum Gasteiger partial charge on any atom is -0.491 e. The first-order valence-electron chi connectivity index (χ1n) is 8.42. The van der Waals surface area contributed by atoms with Gasteiger partial charge < -0.3 is 14.0 Å². The number of methoxy groups -OCH3 is 1. The highest BCUT2D eigenvalue weighted by atomic mass is 35.5. The van der Waals surface area contributed by atoms with Crippen molar-refractivity contribution in [3.05, 3.63) is 64.8 Å². The molecule has 0 aliphatic rings. The summed E-state index contributed by atoms with van der Waals surface area (Å²) in [5.41, 5.74) is 5.25. The van der Waals surface area contributed by atoms with Gasteiger partial charge in [-0.15, -0.1) is 0 Å². The first-order valence-corrected chi connectivity index (χ1v) is 8.80. The number of hydrogen-bond donors (Lipinski definition) is 1. The molecule has 3 aromatic rings. The number of nitrogens with zero attached hydrogens (tertiary/aromatic N) is 2. The molecule has 0 spiro atoms. The standard InChI is InChI=1S/C20H20ClN3O3/c1-14-11-16(21)7-8-19(14)27-10-9-24-13-15(12-22-23-20(25)26-2)17-5-3-4-6-18(17)24/h3-8,11-13H,9-10H2,1-2H3,(H,23,25)/b22-12-. The third-order valence-electron chi connectivity index (χ3n) is 4.09. The maximum absolute atomic E-state index is 11.1. The molecular weight excluding hydrogens is 366 g/mol. The maximum atomic E-state index is 11.1. The second kappa shape index (κ2) is 8.60. The summed E-state index contributed by atoms with van der Waals surface area (Å²) < 4.78 is 12.5. The highest BCUT2D eigenvalue weighted by molar-refractivity contribution is 6.30. The van der Waals surface area contributed by atoms with Gasteiger partial charge in [-0.25, -0.2) is 10.2 Å². The molecule has 0 aliphatic carbocycles. The summed E-state index contributed by atoms with van der Waals surface area (Å²) in [4.78, 5) is 11.1. The highest BCUT2D eigenvalue weighted by Crippen LogP contribution is 2.23. The third kappa shape index (κ3) is 4.60. The predicted octanol–water partition coefficient (Wildman–Crippen LogP) is 4.37. The minimum absolute atomic E-state index is 0.512. The van der Waals surface area contributed by atoms with Gasteiger partial charge in [-0.05, 0) is 36.8 Å². The smallest absolute Gasteiger partial charge is 0.427 e. The Morgan fingerprint density at radius 1 is 1.30 bits per heavy atom. The van der Waals surface area contributed by atoms with E-state index in [1.54, 1.807) is 6.21 Å². The Hall–Kier alpha value is -2.99. The van der Waals surface area contributed by atoms with Gasteiger partial charge >= 0.3 is 6.09 Å².